The molecule has 0 saturated carbocycles. The summed E-state index contributed by atoms with van der Waals surface area (Å²) in [5.74, 6) is 0.871. The zero-order chi connectivity index (χ0) is 9.97. The molecule has 0 spiro atoms. The normalized spacial score (nSPS) is 10.4. The lowest BCUT2D eigenvalue weighted by Crippen LogP contribution is -2.04. The van der Waals surface area contributed by atoms with Gasteiger partial charge in [0, 0.05) is 19.2 Å². The first-order valence-corrected chi connectivity index (χ1v) is 5.27. The average Bonchev–Trinajstić information content (AvgIpc) is 2.77. The number of rotatable bonds is 3. The molecule has 0 saturated heterocycles. The van der Waals surface area contributed by atoms with Crippen LogP contribution in [0.1, 0.15) is 5.56 Å². The van der Waals surface area contributed by atoms with Gasteiger partial charge in [0.2, 0.25) is 5.95 Å². The van der Waals surface area contributed by atoms with Gasteiger partial charge in [-0.05, 0) is 28.7 Å². The number of halogens is 1. The Morgan fingerprint density at radius 3 is 3.07 bits per heavy atom. The highest BCUT2D eigenvalue weighted by Crippen LogP contribution is 2.11. The summed E-state index contributed by atoms with van der Waals surface area (Å²) in [6.45, 7) is 0.734. The summed E-state index contributed by atoms with van der Waals surface area (Å²) in [6, 6.07) is 1.93. The lowest BCUT2D eigenvalue weighted by molar-refractivity contribution is 0.564. The first-order chi connectivity index (χ1) is 6.77. The Morgan fingerprint density at radius 1 is 1.64 bits per heavy atom. The third-order valence-electron chi connectivity index (χ3n) is 1.96. The minimum Gasteiger partial charge on any atom is -0.472 e. The van der Waals surface area contributed by atoms with E-state index in [4.69, 9.17) is 4.42 Å². The number of imidazole rings is 1. The zero-order valence-corrected chi connectivity index (χ0v) is 9.85. The topological polar surface area (TPSA) is 43.0 Å². The van der Waals surface area contributed by atoms with Gasteiger partial charge in [-0.2, -0.15) is 0 Å². The van der Waals surface area contributed by atoms with E-state index in [1.54, 1.807) is 12.5 Å². The number of hydrogen-bond acceptors (Lipinski definition) is 3. The van der Waals surface area contributed by atoms with Crippen LogP contribution < -0.4 is 5.32 Å². The third kappa shape index (κ3) is 1.92. The second-order valence-corrected chi connectivity index (χ2v) is 4.05. The van der Waals surface area contributed by atoms with Crippen molar-refractivity contribution < 1.29 is 4.42 Å². The van der Waals surface area contributed by atoms with Crippen LogP contribution in [0.15, 0.2) is 29.2 Å². The summed E-state index contributed by atoms with van der Waals surface area (Å²) < 4.78 is 8.08. The maximum Gasteiger partial charge on any atom is 0.203 e. The molecule has 5 heteroatoms. The fourth-order valence-electron chi connectivity index (χ4n) is 1.13. The molecule has 0 aliphatic heterocycles. The van der Waals surface area contributed by atoms with E-state index in [1.807, 2.05) is 23.9 Å². The van der Waals surface area contributed by atoms with E-state index in [-0.39, 0.29) is 0 Å². The standard InChI is InChI=1S/C9H10IN3O/c1-13-8(10)5-12-9(13)11-4-7-2-3-14-6-7/h2-3,5-6H,4H2,1H3,(H,11,12). The molecule has 0 fully saturated rings. The van der Waals surface area contributed by atoms with Crippen LogP contribution >= 0.6 is 22.6 Å². The molecule has 0 atom stereocenters. The van der Waals surface area contributed by atoms with E-state index in [1.165, 1.54) is 0 Å². The summed E-state index contributed by atoms with van der Waals surface area (Å²) in [6.07, 6.45) is 5.22. The van der Waals surface area contributed by atoms with Crippen LogP contribution in [-0.2, 0) is 13.6 Å². The van der Waals surface area contributed by atoms with Gasteiger partial charge in [-0.25, -0.2) is 4.98 Å². The Bertz CT molecular complexity index is 408. The second-order valence-electron chi connectivity index (χ2n) is 2.95. The monoisotopic (exact) mass is 303 g/mol. The molecule has 0 aliphatic rings. The summed E-state index contributed by atoms with van der Waals surface area (Å²) in [5.41, 5.74) is 1.11. The predicted molar refractivity (Wildman–Crippen MR) is 62.0 cm³/mol. The summed E-state index contributed by atoms with van der Waals surface area (Å²) in [7, 11) is 1.98. The van der Waals surface area contributed by atoms with Gasteiger partial charge in [-0.3, -0.25) is 0 Å². The molecule has 0 unspecified atom stereocenters. The number of anilines is 1. The molecule has 4 nitrogen and oxygen atoms in total. The number of nitrogens with zero attached hydrogens (tertiary/aromatic N) is 2. The molecule has 0 bridgehead atoms. The average molecular weight is 303 g/mol. The Balaban J connectivity index is 2.02. The summed E-state index contributed by atoms with van der Waals surface area (Å²) in [5, 5.41) is 3.22. The summed E-state index contributed by atoms with van der Waals surface area (Å²) >= 11 is 2.24. The van der Waals surface area contributed by atoms with Crippen LogP contribution in [0.4, 0.5) is 5.95 Å². The first-order valence-electron chi connectivity index (χ1n) is 4.19. The minimum atomic E-state index is 0.734. The minimum absolute atomic E-state index is 0.734. The largest absolute Gasteiger partial charge is 0.472 e. The van der Waals surface area contributed by atoms with Crippen molar-refractivity contribution in [3.05, 3.63) is 34.1 Å². The van der Waals surface area contributed by atoms with Crippen LogP contribution in [0.3, 0.4) is 0 Å². The molecule has 2 aromatic rings. The molecular formula is C9H10IN3O. The summed E-state index contributed by atoms with van der Waals surface area (Å²) in [4.78, 5) is 4.23. The Hall–Kier alpha value is -0.980. The van der Waals surface area contributed by atoms with Gasteiger partial charge >= 0.3 is 0 Å². The second kappa shape index (κ2) is 4.04. The highest BCUT2D eigenvalue weighted by molar-refractivity contribution is 14.1. The quantitative estimate of drug-likeness (QED) is 0.884. The van der Waals surface area contributed by atoms with Crippen LogP contribution in [0.2, 0.25) is 0 Å². The molecule has 2 rings (SSSR count). The van der Waals surface area contributed by atoms with Crippen LogP contribution in [0, 0.1) is 3.70 Å². The van der Waals surface area contributed by atoms with Crippen LogP contribution in [0.5, 0.6) is 0 Å². The van der Waals surface area contributed by atoms with E-state index in [2.05, 4.69) is 32.9 Å². The molecular weight excluding hydrogens is 293 g/mol. The molecule has 0 amide bonds. The van der Waals surface area contributed by atoms with Crippen molar-refractivity contribution in [2.24, 2.45) is 7.05 Å². The third-order valence-corrected chi connectivity index (χ3v) is 2.96. The Kier molecular flexibility index (Phi) is 2.76. The number of hydrogen-bond donors (Lipinski definition) is 1. The molecule has 2 aromatic heterocycles. The first kappa shape index (κ1) is 9.57. The fourth-order valence-corrected chi connectivity index (χ4v) is 1.50. The lowest BCUT2D eigenvalue weighted by atomic mass is 10.3. The molecule has 2 heterocycles. The lowest BCUT2D eigenvalue weighted by Gasteiger charge is -2.04. The highest BCUT2D eigenvalue weighted by atomic mass is 127. The van der Waals surface area contributed by atoms with Crippen molar-refractivity contribution in [3.63, 3.8) is 0 Å². The van der Waals surface area contributed by atoms with Crippen LogP contribution in [-0.4, -0.2) is 9.55 Å². The van der Waals surface area contributed by atoms with Crippen molar-refractivity contribution >= 4 is 28.5 Å². The van der Waals surface area contributed by atoms with Gasteiger partial charge in [0.15, 0.2) is 0 Å². The van der Waals surface area contributed by atoms with Gasteiger partial charge in [-0.1, -0.05) is 0 Å². The zero-order valence-electron chi connectivity index (χ0n) is 7.70. The van der Waals surface area contributed by atoms with Gasteiger partial charge in [0.25, 0.3) is 0 Å². The van der Waals surface area contributed by atoms with Gasteiger partial charge in [-0.15, -0.1) is 0 Å². The van der Waals surface area contributed by atoms with Crippen molar-refractivity contribution in [2.45, 2.75) is 6.54 Å². The molecule has 0 radical (unpaired) electrons. The molecule has 1 N–H and O–H groups in total. The highest BCUT2D eigenvalue weighted by Gasteiger charge is 2.02. The Labute approximate surface area is 95.5 Å². The Morgan fingerprint density at radius 2 is 2.50 bits per heavy atom. The van der Waals surface area contributed by atoms with Gasteiger partial charge in [0.1, 0.15) is 3.70 Å². The number of furan rings is 1. The van der Waals surface area contributed by atoms with E-state index in [0.29, 0.717) is 0 Å². The van der Waals surface area contributed by atoms with Crippen molar-refractivity contribution in [1.29, 1.82) is 0 Å². The predicted octanol–water partition coefficient (Wildman–Crippen LogP) is 2.23. The van der Waals surface area contributed by atoms with E-state index in [9.17, 15) is 0 Å². The SMILES string of the molecule is Cn1c(I)cnc1NCc1ccoc1. The molecule has 0 aliphatic carbocycles. The van der Waals surface area contributed by atoms with Crippen molar-refractivity contribution in [1.82, 2.24) is 9.55 Å². The maximum absolute atomic E-state index is 4.97. The number of nitrogens with one attached hydrogen (secondary N) is 1. The molecule has 74 valence electrons. The molecule has 14 heavy (non-hydrogen) atoms. The van der Waals surface area contributed by atoms with E-state index < -0.39 is 0 Å². The van der Waals surface area contributed by atoms with Gasteiger partial charge < -0.3 is 14.3 Å². The number of aromatic nitrogens is 2. The molecule has 0 aromatic carbocycles. The fraction of sp³-hybridized carbons (Fsp3) is 0.222. The van der Waals surface area contributed by atoms with Gasteiger partial charge in [0.05, 0.1) is 18.7 Å². The van der Waals surface area contributed by atoms with Crippen molar-refractivity contribution in [3.8, 4) is 0 Å². The van der Waals surface area contributed by atoms with Crippen LogP contribution in [0.25, 0.3) is 0 Å². The smallest absolute Gasteiger partial charge is 0.203 e. The van der Waals surface area contributed by atoms with Crippen molar-refractivity contribution in [2.75, 3.05) is 5.32 Å². The maximum atomic E-state index is 4.97. The van der Waals surface area contributed by atoms with E-state index in [0.717, 1.165) is 21.8 Å². The van der Waals surface area contributed by atoms with E-state index >= 15 is 0 Å².